The lowest BCUT2D eigenvalue weighted by atomic mass is 9.86. The fourth-order valence-electron chi connectivity index (χ4n) is 3.98. The maximum Gasteiger partial charge on any atom is 0.324 e. The Morgan fingerprint density at radius 1 is 1.22 bits per heavy atom. The minimum atomic E-state index is -3.27. The number of nitrogens with one attached hydrogen (secondary N) is 1. The Morgan fingerprint density at radius 2 is 2.00 bits per heavy atom. The highest BCUT2D eigenvalue weighted by atomic mass is 32.2. The summed E-state index contributed by atoms with van der Waals surface area (Å²) >= 11 is 0. The number of imide groups is 1. The monoisotopic (exact) mass is 468 g/mol. The van der Waals surface area contributed by atoms with Crippen LogP contribution in [0.5, 0.6) is 5.75 Å². The smallest absolute Gasteiger partial charge is 0.324 e. The summed E-state index contributed by atoms with van der Waals surface area (Å²) in [7, 11) is -3.27. The van der Waals surface area contributed by atoms with Crippen molar-refractivity contribution in [3.63, 3.8) is 0 Å². The number of hydrogen-bond acceptors (Lipinski definition) is 5. The van der Waals surface area contributed by atoms with Gasteiger partial charge in [-0.1, -0.05) is 25.8 Å². The number of halogens is 1. The van der Waals surface area contributed by atoms with E-state index in [0.717, 1.165) is 18.4 Å². The van der Waals surface area contributed by atoms with Gasteiger partial charge >= 0.3 is 6.03 Å². The largest absolute Gasteiger partial charge is 0.490 e. The average molecular weight is 469 g/mol. The number of ether oxygens (including phenoxy) is 1. The lowest BCUT2D eigenvalue weighted by molar-refractivity contribution is -0.121. The fourth-order valence-corrected chi connectivity index (χ4v) is 5.74. The zero-order valence-corrected chi connectivity index (χ0v) is 19.5. The molecule has 1 aromatic carbocycles. The molecule has 0 spiro atoms. The number of hydrogen-bond donors (Lipinski definition) is 1. The van der Waals surface area contributed by atoms with Gasteiger partial charge in [-0.15, -0.1) is 0 Å². The molecule has 1 saturated heterocycles. The van der Waals surface area contributed by atoms with E-state index in [1.54, 1.807) is 17.0 Å². The van der Waals surface area contributed by atoms with E-state index in [9.17, 15) is 22.4 Å². The zero-order valence-electron chi connectivity index (χ0n) is 18.6. The number of benzene rings is 1. The molecule has 1 saturated carbocycles. The van der Waals surface area contributed by atoms with Crippen molar-refractivity contribution in [3.05, 3.63) is 29.6 Å². The van der Waals surface area contributed by atoms with Gasteiger partial charge in [0.2, 0.25) is 5.91 Å². The van der Waals surface area contributed by atoms with Crippen LogP contribution in [0.15, 0.2) is 18.2 Å². The Morgan fingerprint density at radius 3 is 2.69 bits per heavy atom. The average Bonchev–Trinajstić information content (AvgIpc) is 2.69. The van der Waals surface area contributed by atoms with Crippen LogP contribution in [-0.4, -0.2) is 56.5 Å². The first-order valence-corrected chi connectivity index (χ1v) is 13.3. The molecular formula is C23H33FN2O5S. The number of nitrogens with zero attached hydrogens (tertiary/aromatic N) is 1. The van der Waals surface area contributed by atoms with Crippen LogP contribution < -0.4 is 10.1 Å². The summed E-state index contributed by atoms with van der Waals surface area (Å²) in [5.41, 5.74) is 0.754. The van der Waals surface area contributed by atoms with Crippen molar-refractivity contribution in [2.24, 2.45) is 5.92 Å². The van der Waals surface area contributed by atoms with Gasteiger partial charge in [0.15, 0.2) is 21.4 Å². The Balaban J connectivity index is 1.41. The second kappa shape index (κ2) is 11.1. The molecule has 2 fully saturated rings. The van der Waals surface area contributed by atoms with Crippen molar-refractivity contribution in [2.45, 2.75) is 57.8 Å². The van der Waals surface area contributed by atoms with Crippen molar-refractivity contribution < 1.29 is 27.1 Å². The van der Waals surface area contributed by atoms with Gasteiger partial charge in [0.25, 0.3) is 0 Å². The highest BCUT2D eigenvalue weighted by Gasteiger charge is 2.23. The molecule has 1 aromatic rings. The van der Waals surface area contributed by atoms with E-state index in [1.807, 2.05) is 6.92 Å². The molecule has 9 heteroatoms. The van der Waals surface area contributed by atoms with E-state index in [2.05, 4.69) is 5.32 Å². The number of sulfone groups is 1. The molecule has 32 heavy (non-hydrogen) atoms. The summed E-state index contributed by atoms with van der Waals surface area (Å²) in [5.74, 6) is -0.184. The first kappa shape index (κ1) is 24.5. The molecule has 2 aliphatic rings. The van der Waals surface area contributed by atoms with E-state index >= 15 is 0 Å². The van der Waals surface area contributed by atoms with Crippen molar-refractivity contribution in [1.29, 1.82) is 0 Å². The van der Waals surface area contributed by atoms with E-state index < -0.39 is 15.7 Å². The molecular weight excluding hydrogens is 435 g/mol. The second-order valence-electron chi connectivity index (χ2n) is 8.96. The summed E-state index contributed by atoms with van der Waals surface area (Å²) in [4.78, 5) is 24.4. The van der Waals surface area contributed by atoms with Crippen LogP contribution in [0.2, 0.25) is 0 Å². The van der Waals surface area contributed by atoms with Gasteiger partial charge in [0.1, 0.15) is 0 Å². The minimum absolute atomic E-state index is 0.00264. The predicted molar refractivity (Wildman–Crippen MR) is 120 cm³/mol. The topological polar surface area (TPSA) is 92.8 Å². The van der Waals surface area contributed by atoms with Gasteiger partial charge in [-0.25, -0.2) is 17.6 Å². The molecule has 178 valence electrons. The van der Waals surface area contributed by atoms with Crippen LogP contribution in [0.1, 0.15) is 63.4 Å². The van der Waals surface area contributed by atoms with Gasteiger partial charge in [-0.2, -0.15) is 0 Å². The highest BCUT2D eigenvalue weighted by Crippen LogP contribution is 2.29. The predicted octanol–water partition coefficient (Wildman–Crippen LogP) is 3.64. The van der Waals surface area contributed by atoms with Crippen molar-refractivity contribution in [3.8, 4) is 5.75 Å². The molecule has 0 bridgehead atoms. The van der Waals surface area contributed by atoms with Crippen molar-refractivity contribution in [2.75, 3.05) is 31.2 Å². The first-order valence-electron chi connectivity index (χ1n) is 11.4. The van der Waals surface area contributed by atoms with Gasteiger partial charge in [-0.05, 0) is 55.2 Å². The first-order chi connectivity index (χ1) is 15.2. The molecule has 1 heterocycles. The third-order valence-corrected chi connectivity index (χ3v) is 8.17. The molecule has 7 nitrogen and oxygen atoms in total. The molecule has 1 aliphatic heterocycles. The van der Waals surface area contributed by atoms with Crippen LogP contribution >= 0.6 is 0 Å². The lowest BCUT2D eigenvalue weighted by Gasteiger charge is -2.26. The SMILES string of the molecule is C[C@@H](CS(=O)(=O)CCCCCN1CCC(=O)NC1=O)c1ccc(F)c(OCC2CCC2)c1. The summed E-state index contributed by atoms with van der Waals surface area (Å²) in [6, 6.07) is 4.22. The van der Waals surface area contributed by atoms with Gasteiger partial charge in [-0.3, -0.25) is 10.1 Å². The molecule has 0 radical (unpaired) electrons. The summed E-state index contributed by atoms with van der Waals surface area (Å²) in [5, 5.41) is 2.28. The Hall–Kier alpha value is -2.16. The van der Waals surface area contributed by atoms with Crippen LogP contribution in [0.4, 0.5) is 9.18 Å². The number of carbonyl (C=O) groups is 2. The molecule has 3 rings (SSSR count). The third-order valence-electron chi connectivity index (χ3n) is 6.25. The Kier molecular flexibility index (Phi) is 8.51. The highest BCUT2D eigenvalue weighted by molar-refractivity contribution is 7.91. The van der Waals surface area contributed by atoms with Crippen LogP contribution in [-0.2, 0) is 14.6 Å². The van der Waals surface area contributed by atoms with Crippen molar-refractivity contribution in [1.82, 2.24) is 10.2 Å². The molecule has 3 amide bonds. The lowest BCUT2D eigenvalue weighted by Crippen LogP contribution is -2.49. The van der Waals surface area contributed by atoms with Crippen LogP contribution in [0.25, 0.3) is 0 Å². The quantitative estimate of drug-likeness (QED) is 0.473. The normalized spacial score (nSPS) is 18.2. The van der Waals surface area contributed by atoms with E-state index in [1.165, 1.54) is 12.5 Å². The van der Waals surface area contributed by atoms with E-state index in [0.29, 0.717) is 51.3 Å². The fraction of sp³-hybridized carbons (Fsp3) is 0.652. The summed E-state index contributed by atoms with van der Waals surface area (Å²) < 4.78 is 44.8. The standard InChI is InChI=1S/C23H33FN2O5S/c1-17(19-8-9-20(24)21(14-19)31-15-18-6-5-7-18)16-32(29,30)13-4-2-3-11-26-12-10-22(27)25-23(26)28/h8-9,14,17-18H,2-7,10-13,15-16H2,1H3,(H,25,27,28)/t17-/m0/s1. The number of urea groups is 1. The maximum atomic E-state index is 14.1. The Labute approximate surface area is 189 Å². The van der Waals surface area contributed by atoms with E-state index in [-0.39, 0.29) is 35.1 Å². The maximum absolute atomic E-state index is 14.1. The van der Waals surface area contributed by atoms with Crippen LogP contribution in [0.3, 0.4) is 0 Å². The van der Waals surface area contributed by atoms with Gasteiger partial charge in [0, 0.05) is 19.5 Å². The number of unbranched alkanes of at least 4 members (excludes halogenated alkanes) is 2. The van der Waals surface area contributed by atoms with Gasteiger partial charge in [0.05, 0.1) is 18.1 Å². The summed E-state index contributed by atoms with van der Waals surface area (Å²) in [6.45, 7) is 3.25. The van der Waals surface area contributed by atoms with Crippen LogP contribution in [0, 0.1) is 11.7 Å². The molecule has 0 unspecified atom stereocenters. The third kappa shape index (κ3) is 7.18. The Bertz CT molecular complexity index is 917. The molecule has 1 aliphatic carbocycles. The van der Waals surface area contributed by atoms with E-state index in [4.69, 9.17) is 4.74 Å². The van der Waals surface area contributed by atoms with Gasteiger partial charge < -0.3 is 9.64 Å². The minimum Gasteiger partial charge on any atom is -0.490 e. The second-order valence-corrected chi connectivity index (χ2v) is 11.2. The number of amides is 3. The van der Waals surface area contributed by atoms with Crippen molar-refractivity contribution >= 4 is 21.8 Å². The molecule has 1 N–H and O–H groups in total. The molecule has 0 aromatic heterocycles. The number of carbonyl (C=O) groups excluding carboxylic acids is 2. The summed E-state index contributed by atoms with van der Waals surface area (Å²) in [6.07, 6.45) is 5.60. The zero-order chi connectivity index (χ0) is 23.1. The molecule has 1 atom stereocenters. The number of rotatable bonds is 12.